The highest BCUT2D eigenvalue weighted by molar-refractivity contribution is 7.10. The molecule has 0 saturated carbocycles. The summed E-state index contributed by atoms with van der Waals surface area (Å²) in [6.45, 7) is 2.63. The molecule has 0 bridgehead atoms. The number of nitrogens with two attached hydrogens (primary N) is 1. The third kappa shape index (κ3) is 2.56. The number of nitrogen functional groups attached to an aromatic ring is 1. The van der Waals surface area contributed by atoms with Gasteiger partial charge in [0.15, 0.2) is 0 Å². The molecule has 0 atom stereocenters. The zero-order chi connectivity index (χ0) is 13.1. The van der Waals surface area contributed by atoms with Crippen molar-refractivity contribution in [2.45, 2.75) is 13.5 Å². The van der Waals surface area contributed by atoms with Crippen LogP contribution in [0.5, 0.6) is 5.75 Å². The Morgan fingerprint density at radius 1 is 1.44 bits per heavy atom. The second kappa shape index (κ2) is 5.27. The van der Waals surface area contributed by atoms with E-state index < -0.39 is 0 Å². The summed E-state index contributed by atoms with van der Waals surface area (Å²) in [5.74, 6) is 0.101. The molecule has 0 aliphatic rings. The van der Waals surface area contributed by atoms with Crippen molar-refractivity contribution in [3.63, 3.8) is 0 Å². The van der Waals surface area contributed by atoms with E-state index in [9.17, 15) is 4.39 Å². The summed E-state index contributed by atoms with van der Waals surface area (Å²) < 4.78 is 18.8. The number of anilines is 2. The Morgan fingerprint density at radius 3 is 2.83 bits per heavy atom. The molecule has 0 amide bonds. The summed E-state index contributed by atoms with van der Waals surface area (Å²) in [7, 11) is 1.51. The number of halogens is 1. The third-order valence-corrected chi connectivity index (χ3v) is 3.75. The summed E-state index contributed by atoms with van der Waals surface area (Å²) in [5, 5.41) is 5.08. The van der Waals surface area contributed by atoms with Crippen LogP contribution in [-0.4, -0.2) is 7.11 Å². The van der Waals surface area contributed by atoms with E-state index >= 15 is 0 Å². The van der Waals surface area contributed by atoms with E-state index in [1.54, 1.807) is 17.4 Å². The Bertz CT molecular complexity index is 554. The fourth-order valence-electron chi connectivity index (χ4n) is 1.64. The molecule has 2 rings (SSSR count). The Hall–Kier alpha value is -1.75. The van der Waals surface area contributed by atoms with Gasteiger partial charge in [0.1, 0.15) is 11.6 Å². The van der Waals surface area contributed by atoms with E-state index in [1.807, 2.05) is 18.4 Å². The number of rotatable bonds is 4. The minimum Gasteiger partial charge on any atom is -0.495 e. The molecule has 0 radical (unpaired) electrons. The van der Waals surface area contributed by atoms with E-state index in [0.29, 0.717) is 23.7 Å². The van der Waals surface area contributed by atoms with Gasteiger partial charge in [-0.05, 0) is 23.9 Å². The zero-order valence-corrected chi connectivity index (χ0v) is 11.1. The molecule has 1 aromatic carbocycles. The number of aryl methyl sites for hydroxylation is 1. The first-order valence-corrected chi connectivity index (χ1v) is 6.39. The maximum absolute atomic E-state index is 13.7. The van der Waals surface area contributed by atoms with Gasteiger partial charge in [0, 0.05) is 23.6 Å². The van der Waals surface area contributed by atoms with Crippen LogP contribution in [0, 0.1) is 12.7 Å². The van der Waals surface area contributed by atoms with Crippen LogP contribution in [0.4, 0.5) is 15.8 Å². The highest BCUT2D eigenvalue weighted by Crippen LogP contribution is 2.29. The summed E-state index contributed by atoms with van der Waals surface area (Å²) in [6.07, 6.45) is 0. The second-order valence-corrected chi connectivity index (χ2v) is 4.96. The largest absolute Gasteiger partial charge is 0.495 e. The fraction of sp³-hybridized carbons (Fsp3) is 0.231. The number of ether oxygens (including phenoxy) is 1. The van der Waals surface area contributed by atoms with Gasteiger partial charge in [-0.2, -0.15) is 0 Å². The smallest absolute Gasteiger partial charge is 0.148 e. The zero-order valence-electron chi connectivity index (χ0n) is 10.3. The van der Waals surface area contributed by atoms with Crippen LogP contribution in [0.1, 0.15) is 10.4 Å². The van der Waals surface area contributed by atoms with Crippen LogP contribution in [0.25, 0.3) is 0 Å². The molecule has 96 valence electrons. The standard InChI is InChI=1S/C13H15FN2OS/c1-8-3-4-18-13(8)7-16-11-6-12(17-2)10(15)5-9(11)14/h3-6,16H,7,15H2,1-2H3. The summed E-state index contributed by atoms with van der Waals surface area (Å²) in [5.41, 5.74) is 7.52. The molecule has 1 heterocycles. The minimum absolute atomic E-state index is 0.299. The number of methoxy groups -OCH3 is 1. The van der Waals surface area contributed by atoms with Crippen molar-refractivity contribution in [1.82, 2.24) is 0 Å². The van der Waals surface area contributed by atoms with Crippen molar-refractivity contribution in [2.75, 3.05) is 18.2 Å². The molecule has 3 nitrogen and oxygen atoms in total. The van der Waals surface area contributed by atoms with Gasteiger partial charge in [0.2, 0.25) is 0 Å². The van der Waals surface area contributed by atoms with Gasteiger partial charge >= 0.3 is 0 Å². The highest BCUT2D eigenvalue weighted by atomic mass is 32.1. The van der Waals surface area contributed by atoms with Crippen molar-refractivity contribution in [3.8, 4) is 5.75 Å². The lowest BCUT2D eigenvalue weighted by molar-refractivity contribution is 0.416. The van der Waals surface area contributed by atoms with Crippen molar-refractivity contribution in [1.29, 1.82) is 0 Å². The van der Waals surface area contributed by atoms with Crippen LogP contribution in [0.2, 0.25) is 0 Å². The van der Waals surface area contributed by atoms with E-state index in [-0.39, 0.29) is 5.82 Å². The first kappa shape index (κ1) is 12.7. The Balaban J connectivity index is 2.16. The first-order chi connectivity index (χ1) is 8.61. The fourth-order valence-corrected chi connectivity index (χ4v) is 2.49. The van der Waals surface area contributed by atoms with Crippen molar-refractivity contribution in [3.05, 3.63) is 39.8 Å². The number of benzene rings is 1. The topological polar surface area (TPSA) is 47.3 Å². The lowest BCUT2D eigenvalue weighted by Gasteiger charge is -2.11. The molecule has 2 aromatic rings. The van der Waals surface area contributed by atoms with Gasteiger partial charge in [-0.25, -0.2) is 4.39 Å². The van der Waals surface area contributed by atoms with Crippen LogP contribution < -0.4 is 15.8 Å². The van der Waals surface area contributed by atoms with Crippen molar-refractivity contribution < 1.29 is 9.13 Å². The Morgan fingerprint density at radius 2 is 2.22 bits per heavy atom. The molecule has 0 spiro atoms. The maximum atomic E-state index is 13.7. The van der Waals surface area contributed by atoms with Crippen LogP contribution in [0.15, 0.2) is 23.6 Å². The van der Waals surface area contributed by atoms with E-state index in [1.165, 1.54) is 23.6 Å². The maximum Gasteiger partial charge on any atom is 0.148 e. The van der Waals surface area contributed by atoms with Crippen LogP contribution >= 0.6 is 11.3 Å². The Labute approximate surface area is 109 Å². The van der Waals surface area contributed by atoms with Crippen LogP contribution in [-0.2, 0) is 6.54 Å². The van der Waals surface area contributed by atoms with Gasteiger partial charge in [0.25, 0.3) is 0 Å². The first-order valence-electron chi connectivity index (χ1n) is 5.51. The van der Waals surface area contributed by atoms with Gasteiger partial charge in [-0.1, -0.05) is 0 Å². The minimum atomic E-state index is -0.373. The van der Waals surface area contributed by atoms with E-state index in [4.69, 9.17) is 10.5 Å². The second-order valence-electron chi connectivity index (χ2n) is 3.95. The van der Waals surface area contributed by atoms with E-state index in [2.05, 4.69) is 5.32 Å². The number of hydrogen-bond donors (Lipinski definition) is 2. The highest BCUT2D eigenvalue weighted by Gasteiger charge is 2.09. The van der Waals surface area contributed by atoms with E-state index in [0.717, 1.165) is 0 Å². The molecule has 0 fully saturated rings. The number of thiophene rings is 1. The predicted octanol–water partition coefficient (Wildman–Crippen LogP) is 3.40. The predicted molar refractivity (Wildman–Crippen MR) is 73.7 cm³/mol. The number of nitrogens with one attached hydrogen (secondary N) is 1. The molecular formula is C13H15FN2OS. The third-order valence-electron chi connectivity index (χ3n) is 2.73. The Kier molecular flexibility index (Phi) is 3.72. The molecule has 0 aliphatic carbocycles. The lowest BCUT2D eigenvalue weighted by Crippen LogP contribution is -2.03. The molecular weight excluding hydrogens is 251 g/mol. The summed E-state index contributed by atoms with van der Waals surface area (Å²) in [4.78, 5) is 1.19. The molecule has 5 heteroatoms. The van der Waals surface area contributed by atoms with Gasteiger partial charge in [-0.15, -0.1) is 11.3 Å². The van der Waals surface area contributed by atoms with Gasteiger partial charge < -0.3 is 15.8 Å². The normalized spacial score (nSPS) is 10.4. The molecule has 1 aromatic heterocycles. The molecule has 0 saturated heterocycles. The molecule has 18 heavy (non-hydrogen) atoms. The molecule has 0 unspecified atom stereocenters. The monoisotopic (exact) mass is 266 g/mol. The average Bonchev–Trinajstić information content (AvgIpc) is 2.74. The summed E-state index contributed by atoms with van der Waals surface area (Å²) >= 11 is 1.65. The van der Waals surface area contributed by atoms with Crippen LogP contribution in [0.3, 0.4) is 0 Å². The summed E-state index contributed by atoms with van der Waals surface area (Å²) in [6, 6.07) is 4.89. The van der Waals surface area contributed by atoms with Crippen molar-refractivity contribution >= 4 is 22.7 Å². The van der Waals surface area contributed by atoms with Crippen molar-refractivity contribution in [2.24, 2.45) is 0 Å². The van der Waals surface area contributed by atoms with Gasteiger partial charge in [0.05, 0.1) is 18.5 Å². The SMILES string of the molecule is COc1cc(NCc2sccc2C)c(F)cc1N. The lowest BCUT2D eigenvalue weighted by atomic mass is 10.2. The van der Waals surface area contributed by atoms with Gasteiger partial charge in [-0.3, -0.25) is 0 Å². The molecule has 0 aliphatic heterocycles. The average molecular weight is 266 g/mol. The number of hydrogen-bond acceptors (Lipinski definition) is 4. The molecule has 3 N–H and O–H groups in total. The quantitative estimate of drug-likeness (QED) is 0.834.